The third-order valence-electron chi connectivity index (χ3n) is 1.15. The van der Waals surface area contributed by atoms with E-state index < -0.39 is 9.89 Å². The lowest BCUT2D eigenvalue weighted by Crippen LogP contribution is -2.29. The Morgan fingerprint density at radius 2 is 2.30 bits per heavy atom. The summed E-state index contributed by atoms with van der Waals surface area (Å²) in [5, 5.41) is 9.41. The van der Waals surface area contributed by atoms with Gasteiger partial charge in [-0.05, 0) is 28.1 Å². The third-order valence-corrected chi connectivity index (χ3v) is 2.85. The molecule has 1 rings (SSSR count). The molecule has 0 bridgehead atoms. The minimum absolute atomic E-state index is 0.463. The molecule has 1 aliphatic carbocycles. The van der Waals surface area contributed by atoms with E-state index >= 15 is 0 Å². The van der Waals surface area contributed by atoms with Crippen LogP contribution in [-0.4, -0.2) is 15.0 Å². The van der Waals surface area contributed by atoms with E-state index in [0.717, 1.165) is 0 Å². The van der Waals surface area contributed by atoms with Gasteiger partial charge in [0.05, 0.1) is 5.38 Å². The molecule has 1 nitrogen and oxygen atoms in total. The summed E-state index contributed by atoms with van der Waals surface area (Å²) in [4.78, 5) is 0. The van der Waals surface area contributed by atoms with Crippen LogP contribution in [-0.2, 0) is 0 Å². The van der Waals surface area contributed by atoms with Crippen LogP contribution in [0.25, 0.3) is 0 Å². The summed E-state index contributed by atoms with van der Waals surface area (Å²) in [5.41, 5.74) is 0. The fourth-order valence-electron chi connectivity index (χ4n) is 0.632. The fraction of sp³-hybridized carbons (Fsp3) is 0.333. The first kappa shape index (κ1) is 8.60. The first-order valence-electron chi connectivity index (χ1n) is 2.64. The molecule has 0 radical (unpaired) electrons. The zero-order valence-corrected chi connectivity index (χ0v) is 7.99. The molecule has 0 fully saturated rings. The number of rotatable bonds is 0. The second-order valence-corrected chi connectivity index (χ2v) is 4.19. The Morgan fingerprint density at radius 3 is 2.70 bits per heavy atom. The second-order valence-electron chi connectivity index (χ2n) is 2.02. The van der Waals surface area contributed by atoms with E-state index in [0.29, 0.717) is 5.03 Å². The highest BCUT2D eigenvalue weighted by molar-refractivity contribution is 9.10. The summed E-state index contributed by atoms with van der Waals surface area (Å²) in [6, 6.07) is 0. The lowest BCUT2D eigenvalue weighted by molar-refractivity contribution is 0.200. The van der Waals surface area contributed by atoms with Crippen LogP contribution in [0.2, 0.25) is 0 Å². The minimum Gasteiger partial charge on any atom is -0.373 e. The van der Waals surface area contributed by atoms with Crippen LogP contribution in [0.3, 0.4) is 0 Å². The molecule has 0 aromatic rings. The smallest absolute Gasteiger partial charge is 0.159 e. The van der Waals surface area contributed by atoms with E-state index in [1.807, 2.05) is 0 Å². The highest BCUT2D eigenvalue weighted by Gasteiger charge is 2.30. The van der Waals surface area contributed by atoms with Crippen molar-refractivity contribution in [2.24, 2.45) is 0 Å². The summed E-state index contributed by atoms with van der Waals surface area (Å²) in [6.07, 6.45) is 4.72. The number of aliphatic hydroxyl groups is 1. The monoisotopic (exact) mass is 242 g/mol. The van der Waals surface area contributed by atoms with Crippen molar-refractivity contribution >= 4 is 39.1 Å². The third kappa shape index (κ3) is 1.76. The molecule has 0 amide bonds. The van der Waals surface area contributed by atoms with Gasteiger partial charge in [0, 0.05) is 5.03 Å². The van der Waals surface area contributed by atoms with Gasteiger partial charge in [-0.1, -0.05) is 17.7 Å². The number of allylic oxidation sites excluding steroid dienone is 2. The average molecular weight is 244 g/mol. The molecular weight excluding hydrogens is 239 g/mol. The number of halogens is 3. The predicted molar refractivity (Wildman–Crippen MR) is 46.6 cm³/mol. The molecule has 2 unspecified atom stereocenters. The summed E-state index contributed by atoms with van der Waals surface area (Å²) in [5.74, 6) is 0. The molecule has 0 spiro atoms. The highest BCUT2D eigenvalue weighted by Crippen LogP contribution is 2.32. The molecular formula is C6H5BrCl2O. The maximum Gasteiger partial charge on any atom is 0.159 e. The molecule has 56 valence electrons. The van der Waals surface area contributed by atoms with Crippen molar-refractivity contribution in [3.8, 4) is 0 Å². The van der Waals surface area contributed by atoms with Crippen LogP contribution in [0.1, 0.15) is 0 Å². The van der Waals surface area contributed by atoms with Crippen molar-refractivity contribution < 1.29 is 5.11 Å². The van der Waals surface area contributed by atoms with Gasteiger partial charge >= 0.3 is 0 Å². The standard InChI is InChI=1S/C6H5BrCl2O/c7-6(10)3-4(8)1-2-5(6)9/h1-3,5,10H. The Hall–Kier alpha value is 0.500. The van der Waals surface area contributed by atoms with Gasteiger partial charge in [-0.3, -0.25) is 0 Å². The molecule has 0 saturated carbocycles. The Bertz CT molecular complexity index is 198. The fourth-order valence-corrected chi connectivity index (χ4v) is 1.54. The number of hydrogen-bond acceptors (Lipinski definition) is 1. The zero-order valence-electron chi connectivity index (χ0n) is 4.89. The Morgan fingerprint density at radius 1 is 1.70 bits per heavy atom. The lowest BCUT2D eigenvalue weighted by atomic mass is 10.1. The van der Waals surface area contributed by atoms with Crippen LogP contribution < -0.4 is 0 Å². The van der Waals surface area contributed by atoms with Gasteiger partial charge in [0.1, 0.15) is 0 Å². The Kier molecular flexibility index (Phi) is 2.46. The molecule has 4 heteroatoms. The summed E-state index contributed by atoms with van der Waals surface area (Å²) in [6.45, 7) is 0. The number of hydrogen-bond donors (Lipinski definition) is 1. The minimum atomic E-state index is -1.19. The van der Waals surface area contributed by atoms with Gasteiger partial charge in [0.15, 0.2) is 4.51 Å². The summed E-state index contributed by atoms with van der Waals surface area (Å²) in [7, 11) is 0. The molecule has 0 saturated heterocycles. The van der Waals surface area contributed by atoms with Gasteiger partial charge in [-0.25, -0.2) is 0 Å². The molecule has 2 atom stereocenters. The Balaban J connectivity index is 2.88. The molecule has 1 aliphatic rings. The van der Waals surface area contributed by atoms with E-state index in [2.05, 4.69) is 15.9 Å². The topological polar surface area (TPSA) is 20.2 Å². The van der Waals surface area contributed by atoms with E-state index in [1.54, 1.807) is 12.2 Å². The maximum atomic E-state index is 9.39. The van der Waals surface area contributed by atoms with Crippen molar-refractivity contribution in [3.63, 3.8) is 0 Å². The number of alkyl halides is 2. The first-order chi connectivity index (χ1) is 4.52. The van der Waals surface area contributed by atoms with Crippen LogP contribution >= 0.6 is 39.1 Å². The quantitative estimate of drug-likeness (QED) is 0.648. The van der Waals surface area contributed by atoms with Crippen LogP contribution in [0, 0.1) is 0 Å². The molecule has 0 heterocycles. The van der Waals surface area contributed by atoms with E-state index in [4.69, 9.17) is 23.2 Å². The van der Waals surface area contributed by atoms with Crippen molar-refractivity contribution in [1.29, 1.82) is 0 Å². The molecule has 0 aromatic heterocycles. The largest absolute Gasteiger partial charge is 0.373 e. The lowest BCUT2D eigenvalue weighted by Gasteiger charge is -2.23. The first-order valence-corrected chi connectivity index (χ1v) is 4.25. The second kappa shape index (κ2) is 2.86. The van der Waals surface area contributed by atoms with Crippen molar-refractivity contribution in [2.45, 2.75) is 9.89 Å². The van der Waals surface area contributed by atoms with Gasteiger partial charge in [-0.15, -0.1) is 11.6 Å². The molecule has 1 N–H and O–H groups in total. The summed E-state index contributed by atoms with van der Waals surface area (Å²) >= 11 is 14.3. The predicted octanol–water partition coefficient (Wildman–Crippen LogP) is 2.37. The van der Waals surface area contributed by atoms with Crippen LogP contribution in [0.4, 0.5) is 0 Å². The van der Waals surface area contributed by atoms with Gasteiger partial charge in [-0.2, -0.15) is 0 Å². The molecule has 0 aliphatic heterocycles. The van der Waals surface area contributed by atoms with Gasteiger partial charge in [0.25, 0.3) is 0 Å². The average Bonchev–Trinajstić information content (AvgIpc) is 1.78. The van der Waals surface area contributed by atoms with E-state index in [-0.39, 0.29) is 0 Å². The molecule has 10 heavy (non-hydrogen) atoms. The van der Waals surface area contributed by atoms with E-state index in [1.165, 1.54) is 6.08 Å². The van der Waals surface area contributed by atoms with Gasteiger partial charge in [0.2, 0.25) is 0 Å². The maximum absolute atomic E-state index is 9.39. The van der Waals surface area contributed by atoms with Gasteiger partial charge < -0.3 is 5.11 Å². The van der Waals surface area contributed by atoms with Crippen molar-refractivity contribution in [1.82, 2.24) is 0 Å². The SMILES string of the molecule is OC1(Br)C=C(Cl)C=CC1Cl. The van der Waals surface area contributed by atoms with Crippen molar-refractivity contribution in [3.05, 3.63) is 23.3 Å². The van der Waals surface area contributed by atoms with Crippen LogP contribution in [0.5, 0.6) is 0 Å². The molecule has 0 aromatic carbocycles. The highest BCUT2D eigenvalue weighted by atomic mass is 79.9. The summed E-state index contributed by atoms with van der Waals surface area (Å²) < 4.78 is -1.19. The normalized spacial score (nSPS) is 39.6. The van der Waals surface area contributed by atoms with Crippen molar-refractivity contribution in [2.75, 3.05) is 0 Å². The van der Waals surface area contributed by atoms with E-state index in [9.17, 15) is 5.11 Å². The van der Waals surface area contributed by atoms with Crippen LogP contribution in [0.15, 0.2) is 23.3 Å². The Labute approximate surface area is 77.4 Å². The zero-order chi connectivity index (χ0) is 7.78.